The van der Waals surface area contributed by atoms with Crippen molar-refractivity contribution < 1.29 is 9.59 Å². The maximum absolute atomic E-state index is 11.8. The number of nitrogens with one attached hydrogen (secondary N) is 2. The number of aromatic nitrogens is 2. The Morgan fingerprint density at radius 1 is 1.35 bits per heavy atom. The number of hydrogen-bond donors (Lipinski definition) is 2. The molecule has 1 aliphatic rings. The van der Waals surface area contributed by atoms with E-state index in [0.717, 1.165) is 16.8 Å². The van der Waals surface area contributed by atoms with E-state index in [1.54, 1.807) is 0 Å². The Hall–Kier alpha value is -2.76. The van der Waals surface area contributed by atoms with Gasteiger partial charge in [0.15, 0.2) is 0 Å². The zero-order chi connectivity index (χ0) is 13.9. The molecule has 2 N–H and O–H groups in total. The maximum atomic E-state index is 11.8. The first kappa shape index (κ1) is 12.3. The summed E-state index contributed by atoms with van der Waals surface area (Å²) in [5.74, 6) is -0.270. The lowest BCUT2D eigenvalue weighted by atomic mass is 10.1. The number of hydrogen-bond acceptors (Lipinski definition) is 4. The first-order valence-electron chi connectivity index (χ1n) is 6.18. The van der Waals surface area contributed by atoms with E-state index < -0.39 is 0 Å². The third-order valence-electron chi connectivity index (χ3n) is 3.04. The van der Waals surface area contributed by atoms with Crippen molar-refractivity contribution in [3.8, 4) is 0 Å². The molecule has 6 nitrogen and oxygen atoms in total. The van der Waals surface area contributed by atoms with Crippen molar-refractivity contribution in [3.63, 3.8) is 0 Å². The minimum atomic E-state index is -0.271. The van der Waals surface area contributed by atoms with Gasteiger partial charge in [0.2, 0.25) is 5.91 Å². The van der Waals surface area contributed by atoms with Gasteiger partial charge in [0.05, 0.1) is 12.6 Å². The molecule has 3 rings (SSSR count). The average Bonchev–Trinajstić information content (AvgIpc) is 2.85. The first-order chi connectivity index (χ1) is 9.72. The number of carbonyl (C=O) groups is 2. The molecule has 0 bridgehead atoms. The average molecular weight is 268 g/mol. The quantitative estimate of drug-likeness (QED) is 0.866. The van der Waals surface area contributed by atoms with E-state index in [4.69, 9.17) is 0 Å². The van der Waals surface area contributed by atoms with Crippen LogP contribution < -0.4 is 10.6 Å². The normalized spacial score (nSPS) is 12.7. The van der Waals surface area contributed by atoms with Gasteiger partial charge in [0, 0.05) is 24.6 Å². The fourth-order valence-corrected chi connectivity index (χ4v) is 2.08. The van der Waals surface area contributed by atoms with E-state index >= 15 is 0 Å². The summed E-state index contributed by atoms with van der Waals surface area (Å²) in [6.07, 6.45) is 4.80. The van der Waals surface area contributed by atoms with Crippen molar-refractivity contribution in [2.45, 2.75) is 13.0 Å². The van der Waals surface area contributed by atoms with Gasteiger partial charge in [-0.05, 0) is 17.2 Å². The number of benzene rings is 1. The van der Waals surface area contributed by atoms with Gasteiger partial charge in [0.1, 0.15) is 5.69 Å². The maximum Gasteiger partial charge on any atom is 0.271 e. The second-order valence-electron chi connectivity index (χ2n) is 4.49. The molecule has 0 spiro atoms. The van der Waals surface area contributed by atoms with Gasteiger partial charge in [-0.15, -0.1) is 0 Å². The highest BCUT2D eigenvalue weighted by Gasteiger charge is 2.17. The lowest BCUT2D eigenvalue weighted by Crippen LogP contribution is -2.23. The summed E-state index contributed by atoms with van der Waals surface area (Å²) in [5, 5.41) is 5.54. The van der Waals surface area contributed by atoms with Crippen LogP contribution in [0, 0.1) is 0 Å². The van der Waals surface area contributed by atoms with E-state index in [1.165, 1.54) is 18.6 Å². The molecule has 2 aromatic rings. The van der Waals surface area contributed by atoms with Gasteiger partial charge in [0.25, 0.3) is 5.91 Å². The number of carbonyl (C=O) groups excluding carboxylic acids is 2. The van der Waals surface area contributed by atoms with Crippen LogP contribution in [0.3, 0.4) is 0 Å². The molecule has 2 heterocycles. The van der Waals surface area contributed by atoms with Crippen molar-refractivity contribution in [1.29, 1.82) is 0 Å². The molecule has 6 heteroatoms. The summed E-state index contributed by atoms with van der Waals surface area (Å²) in [6.45, 7) is 0.386. The molecule has 0 radical (unpaired) electrons. The van der Waals surface area contributed by atoms with E-state index in [-0.39, 0.29) is 17.5 Å². The molecule has 2 amide bonds. The van der Waals surface area contributed by atoms with Crippen molar-refractivity contribution >= 4 is 17.5 Å². The highest BCUT2D eigenvalue weighted by molar-refractivity contribution is 5.99. The molecule has 0 saturated heterocycles. The lowest BCUT2D eigenvalue weighted by Gasteiger charge is -2.06. The second kappa shape index (κ2) is 5.08. The number of nitrogens with zero attached hydrogens (tertiary/aromatic N) is 2. The summed E-state index contributed by atoms with van der Waals surface area (Å²) in [7, 11) is 0. The number of fused-ring (bicyclic) bond motifs is 1. The molecule has 0 fully saturated rings. The third kappa shape index (κ3) is 2.49. The number of rotatable bonds is 3. The van der Waals surface area contributed by atoms with Crippen LogP contribution in [-0.4, -0.2) is 21.8 Å². The topological polar surface area (TPSA) is 84.0 Å². The predicted octanol–water partition coefficient (Wildman–Crippen LogP) is 0.901. The monoisotopic (exact) mass is 268 g/mol. The van der Waals surface area contributed by atoms with Crippen LogP contribution in [0.5, 0.6) is 0 Å². The van der Waals surface area contributed by atoms with E-state index in [9.17, 15) is 9.59 Å². The van der Waals surface area contributed by atoms with Crippen molar-refractivity contribution in [3.05, 3.63) is 53.6 Å². The molecule has 100 valence electrons. The molecule has 0 saturated carbocycles. The Labute approximate surface area is 115 Å². The lowest BCUT2D eigenvalue weighted by molar-refractivity contribution is -0.115. The summed E-state index contributed by atoms with van der Waals surface area (Å²) in [6, 6.07) is 5.65. The van der Waals surface area contributed by atoms with Crippen molar-refractivity contribution in [2.24, 2.45) is 0 Å². The number of amides is 2. The molecule has 0 atom stereocenters. The van der Waals surface area contributed by atoms with Gasteiger partial charge < -0.3 is 10.6 Å². The van der Waals surface area contributed by atoms with Gasteiger partial charge >= 0.3 is 0 Å². The summed E-state index contributed by atoms with van der Waals surface area (Å²) >= 11 is 0. The zero-order valence-electron chi connectivity index (χ0n) is 10.6. The largest absolute Gasteiger partial charge is 0.347 e. The van der Waals surface area contributed by atoms with Crippen LogP contribution in [-0.2, 0) is 17.8 Å². The molecule has 1 aromatic heterocycles. The van der Waals surface area contributed by atoms with Gasteiger partial charge in [-0.2, -0.15) is 0 Å². The highest BCUT2D eigenvalue weighted by Crippen LogP contribution is 2.23. The van der Waals surface area contributed by atoms with Crippen molar-refractivity contribution in [1.82, 2.24) is 15.3 Å². The zero-order valence-corrected chi connectivity index (χ0v) is 10.6. The van der Waals surface area contributed by atoms with E-state index in [2.05, 4.69) is 20.6 Å². The second-order valence-corrected chi connectivity index (χ2v) is 4.49. The Balaban J connectivity index is 1.66. The van der Waals surface area contributed by atoms with Crippen LogP contribution in [0.25, 0.3) is 0 Å². The number of anilines is 1. The van der Waals surface area contributed by atoms with Crippen LogP contribution in [0.2, 0.25) is 0 Å². The van der Waals surface area contributed by atoms with Gasteiger partial charge in [-0.25, -0.2) is 4.98 Å². The van der Waals surface area contributed by atoms with Crippen LogP contribution in [0.1, 0.15) is 21.6 Å². The summed E-state index contributed by atoms with van der Waals surface area (Å²) < 4.78 is 0. The SMILES string of the molecule is O=C1Cc2cc(CNC(=O)c3cnccn3)ccc2N1. The van der Waals surface area contributed by atoms with Crippen LogP contribution in [0.15, 0.2) is 36.8 Å². The fourth-order valence-electron chi connectivity index (χ4n) is 2.08. The Morgan fingerprint density at radius 3 is 3.05 bits per heavy atom. The van der Waals surface area contributed by atoms with Crippen LogP contribution in [0.4, 0.5) is 5.69 Å². The predicted molar refractivity (Wildman–Crippen MR) is 72.0 cm³/mol. The smallest absolute Gasteiger partial charge is 0.271 e. The van der Waals surface area contributed by atoms with Gasteiger partial charge in [-0.3, -0.25) is 14.6 Å². The van der Waals surface area contributed by atoms with E-state index in [1.807, 2.05) is 18.2 Å². The minimum absolute atomic E-state index is 0.000690. The molecular weight excluding hydrogens is 256 g/mol. The molecule has 20 heavy (non-hydrogen) atoms. The Bertz CT molecular complexity index is 670. The minimum Gasteiger partial charge on any atom is -0.347 e. The highest BCUT2D eigenvalue weighted by atomic mass is 16.2. The molecule has 0 aliphatic carbocycles. The summed E-state index contributed by atoms with van der Waals surface area (Å²) in [5.41, 5.74) is 3.03. The molecule has 0 unspecified atom stereocenters. The molecule has 1 aliphatic heterocycles. The standard InChI is InChI=1S/C14H12N4O2/c19-13-6-10-5-9(1-2-11(10)18-13)7-17-14(20)12-8-15-3-4-16-12/h1-5,8H,6-7H2,(H,17,20)(H,18,19). The first-order valence-corrected chi connectivity index (χ1v) is 6.18. The third-order valence-corrected chi connectivity index (χ3v) is 3.04. The van der Waals surface area contributed by atoms with Crippen LogP contribution >= 0.6 is 0 Å². The summed E-state index contributed by atoms with van der Waals surface area (Å²) in [4.78, 5) is 30.9. The molecule has 1 aromatic carbocycles. The molecular formula is C14H12N4O2. The Morgan fingerprint density at radius 2 is 2.25 bits per heavy atom. The van der Waals surface area contributed by atoms with Gasteiger partial charge in [-0.1, -0.05) is 12.1 Å². The van der Waals surface area contributed by atoms with Crippen molar-refractivity contribution in [2.75, 3.05) is 5.32 Å². The van der Waals surface area contributed by atoms with E-state index in [0.29, 0.717) is 13.0 Å². The Kier molecular flexibility index (Phi) is 3.12. The fraction of sp³-hybridized carbons (Fsp3) is 0.143.